The first-order valence-corrected chi connectivity index (χ1v) is 2.28. The molecule has 0 saturated heterocycles. The molecule has 0 spiro atoms. The highest BCUT2D eigenvalue weighted by Crippen LogP contribution is 1.39. The highest BCUT2D eigenvalue weighted by Gasteiger charge is 1.32. The number of hydrogen-bond acceptors (Lipinski definition) is 1. The molecular weight excluding hydrogens is 74.1 g/mol. The van der Waals surface area contributed by atoms with Crippen LogP contribution in [-0.4, -0.2) is 13.3 Å². The van der Waals surface area contributed by atoms with Gasteiger partial charge >= 0.3 is 0 Å². The Hall–Kier alpha value is -0.330. The summed E-state index contributed by atoms with van der Waals surface area (Å²) in [5, 5.41) is 0. The predicted molar refractivity (Wildman–Crippen MR) is 31.4 cm³/mol. The van der Waals surface area contributed by atoms with Crippen molar-refractivity contribution in [3.05, 3.63) is 0 Å². The number of hydrogen-bond donors (Lipinski definition) is 0. The van der Waals surface area contributed by atoms with E-state index in [-0.39, 0.29) is 0 Å². The zero-order valence-corrected chi connectivity index (χ0v) is 5.02. The van der Waals surface area contributed by atoms with E-state index in [1.807, 2.05) is 20.8 Å². The van der Waals surface area contributed by atoms with Gasteiger partial charge in [-0.15, -0.1) is 0 Å². The molecular formula is C5H13N. The van der Waals surface area contributed by atoms with Gasteiger partial charge in [-0.2, -0.15) is 0 Å². The molecule has 0 radical (unpaired) electrons. The number of rotatable bonds is 0. The Bertz CT molecular complexity index is 19.1. The Labute approximate surface area is 40.1 Å². The van der Waals surface area contributed by atoms with Crippen LogP contribution in [-0.2, 0) is 0 Å². The van der Waals surface area contributed by atoms with Crippen LogP contribution in [0, 0.1) is 0 Å². The van der Waals surface area contributed by atoms with Crippen molar-refractivity contribution >= 4 is 6.21 Å². The van der Waals surface area contributed by atoms with Gasteiger partial charge in [0.25, 0.3) is 0 Å². The molecule has 0 aliphatic carbocycles. The molecule has 0 atom stereocenters. The standard InChI is InChI=1S/C3H7N.C2H6/c1-3-4-2;1-2/h3H,1-2H3;1-2H3. The summed E-state index contributed by atoms with van der Waals surface area (Å²) in [5.41, 5.74) is 0. The van der Waals surface area contributed by atoms with Gasteiger partial charge in [0.2, 0.25) is 0 Å². The van der Waals surface area contributed by atoms with Gasteiger partial charge in [-0.25, -0.2) is 0 Å². The van der Waals surface area contributed by atoms with Crippen molar-refractivity contribution in [2.75, 3.05) is 7.05 Å². The smallest absolute Gasteiger partial charge is 0.0273 e. The van der Waals surface area contributed by atoms with E-state index in [4.69, 9.17) is 0 Å². The van der Waals surface area contributed by atoms with E-state index in [0.717, 1.165) is 0 Å². The maximum Gasteiger partial charge on any atom is 0.0273 e. The molecule has 38 valence electrons. The lowest BCUT2D eigenvalue weighted by atomic mass is 10.9. The van der Waals surface area contributed by atoms with E-state index in [0.29, 0.717) is 0 Å². The van der Waals surface area contributed by atoms with Crippen LogP contribution in [0.2, 0.25) is 0 Å². The van der Waals surface area contributed by atoms with Crippen molar-refractivity contribution < 1.29 is 0 Å². The fourth-order valence-electron chi connectivity index (χ4n) is 0. The highest BCUT2D eigenvalue weighted by molar-refractivity contribution is 5.52. The van der Waals surface area contributed by atoms with Crippen molar-refractivity contribution in [2.24, 2.45) is 4.99 Å². The van der Waals surface area contributed by atoms with Crippen LogP contribution in [0.5, 0.6) is 0 Å². The van der Waals surface area contributed by atoms with E-state index in [1.54, 1.807) is 13.3 Å². The first-order chi connectivity index (χ1) is 2.91. The third kappa shape index (κ3) is 58.3. The molecule has 0 aromatic carbocycles. The largest absolute Gasteiger partial charge is 0.301 e. The Balaban J connectivity index is 0. The van der Waals surface area contributed by atoms with Crippen LogP contribution in [0.3, 0.4) is 0 Å². The van der Waals surface area contributed by atoms with Crippen molar-refractivity contribution in [1.82, 2.24) is 0 Å². The second kappa shape index (κ2) is 22.6. The number of aliphatic imine (C=N–C) groups is 1. The molecule has 0 saturated carbocycles. The van der Waals surface area contributed by atoms with Gasteiger partial charge in [0.15, 0.2) is 0 Å². The van der Waals surface area contributed by atoms with Crippen LogP contribution >= 0.6 is 0 Å². The summed E-state index contributed by atoms with van der Waals surface area (Å²) in [5.74, 6) is 0. The van der Waals surface area contributed by atoms with Crippen LogP contribution in [0.25, 0.3) is 0 Å². The topological polar surface area (TPSA) is 12.4 Å². The van der Waals surface area contributed by atoms with Crippen LogP contribution in [0.4, 0.5) is 0 Å². The molecule has 6 heavy (non-hydrogen) atoms. The molecule has 0 N–H and O–H groups in total. The van der Waals surface area contributed by atoms with Crippen molar-refractivity contribution in [3.8, 4) is 0 Å². The Morgan fingerprint density at radius 3 is 1.50 bits per heavy atom. The van der Waals surface area contributed by atoms with Crippen LogP contribution in [0.15, 0.2) is 4.99 Å². The van der Waals surface area contributed by atoms with E-state index in [1.165, 1.54) is 0 Å². The van der Waals surface area contributed by atoms with E-state index in [9.17, 15) is 0 Å². The molecule has 0 aromatic rings. The summed E-state index contributed by atoms with van der Waals surface area (Å²) in [7, 11) is 1.75. The molecule has 0 aliphatic rings. The number of nitrogens with zero attached hydrogens (tertiary/aromatic N) is 1. The van der Waals surface area contributed by atoms with Crippen molar-refractivity contribution in [2.45, 2.75) is 20.8 Å². The fraction of sp³-hybridized carbons (Fsp3) is 0.800. The molecule has 0 amide bonds. The second-order valence-corrected chi connectivity index (χ2v) is 0.516. The van der Waals surface area contributed by atoms with Gasteiger partial charge in [-0.05, 0) is 13.1 Å². The molecule has 0 fully saturated rings. The highest BCUT2D eigenvalue weighted by atomic mass is 14.6. The van der Waals surface area contributed by atoms with Gasteiger partial charge in [0.05, 0.1) is 0 Å². The quantitative estimate of drug-likeness (QED) is 0.399. The first-order valence-electron chi connectivity index (χ1n) is 2.28. The minimum absolute atomic E-state index is 1.75. The summed E-state index contributed by atoms with van der Waals surface area (Å²) in [4.78, 5) is 3.61. The van der Waals surface area contributed by atoms with Crippen molar-refractivity contribution in [1.29, 1.82) is 0 Å². The van der Waals surface area contributed by atoms with Crippen molar-refractivity contribution in [3.63, 3.8) is 0 Å². The minimum Gasteiger partial charge on any atom is -0.301 e. The SMILES string of the molecule is CC.CC=NC. The molecule has 0 bridgehead atoms. The van der Waals surface area contributed by atoms with Crippen LogP contribution < -0.4 is 0 Å². The molecule has 0 rings (SSSR count). The lowest BCUT2D eigenvalue weighted by molar-refractivity contribution is 1.46. The molecule has 0 unspecified atom stereocenters. The average Bonchev–Trinajstić information content (AvgIpc) is 1.72. The van der Waals surface area contributed by atoms with Gasteiger partial charge in [-0.3, -0.25) is 0 Å². The van der Waals surface area contributed by atoms with Gasteiger partial charge < -0.3 is 4.99 Å². The normalized spacial score (nSPS) is 7.33. The van der Waals surface area contributed by atoms with Crippen LogP contribution in [0.1, 0.15) is 20.8 Å². The summed E-state index contributed by atoms with van der Waals surface area (Å²) >= 11 is 0. The second-order valence-electron chi connectivity index (χ2n) is 0.516. The lowest BCUT2D eigenvalue weighted by Crippen LogP contribution is -1.47. The zero-order chi connectivity index (χ0) is 5.41. The third-order valence-corrected chi connectivity index (χ3v) is 0.258. The van der Waals surface area contributed by atoms with Gasteiger partial charge in [-0.1, -0.05) is 13.8 Å². The summed E-state index contributed by atoms with van der Waals surface area (Å²) in [6.45, 7) is 5.89. The summed E-state index contributed by atoms with van der Waals surface area (Å²) in [6, 6.07) is 0. The molecule has 0 aromatic heterocycles. The van der Waals surface area contributed by atoms with Gasteiger partial charge in [0, 0.05) is 7.05 Å². The minimum atomic E-state index is 1.75. The zero-order valence-electron chi connectivity index (χ0n) is 5.02. The first kappa shape index (κ1) is 9.18. The molecule has 1 nitrogen and oxygen atoms in total. The lowest BCUT2D eigenvalue weighted by Gasteiger charge is -1.53. The third-order valence-electron chi connectivity index (χ3n) is 0.258. The van der Waals surface area contributed by atoms with Gasteiger partial charge in [0.1, 0.15) is 0 Å². The maximum absolute atomic E-state index is 3.61. The van der Waals surface area contributed by atoms with E-state index in [2.05, 4.69) is 4.99 Å². The Kier molecular flexibility index (Phi) is 34.5. The Morgan fingerprint density at radius 2 is 1.50 bits per heavy atom. The molecule has 1 heteroatoms. The molecule has 0 heterocycles. The monoisotopic (exact) mass is 87.1 g/mol. The summed E-state index contributed by atoms with van der Waals surface area (Å²) < 4.78 is 0. The fourth-order valence-corrected chi connectivity index (χ4v) is 0. The molecule has 0 aliphatic heterocycles. The predicted octanol–water partition coefficient (Wildman–Crippen LogP) is 1.73. The Morgan fingerprint density at radius 1 is 1.33 bits per heavy atom. The van der Waals surface area contributed by atoms with E-state index < -0.39 is 0 Å². The van der Waals surface area contributed by atoms with E-state index >= 15 is 0 Å². The average molecular weight is 87.2 g/mol. The maximum atomic E-state index is 3.61. The summed E-state index contributed by atoms with van der Waals surface area (Å²) in [6.07, 6.45) is 1.75.